The van der Waals surface area contributed by atoms with Crippen LogP contribution in [0, 0.1) is 0 Å². The third-order valence-corrected chi connectivity index (χ3v) is 3.99. The van der Waals surface area contributed by atoms with Gasteiger partial charge < -0.3 is 19.7 Å². The lowest BCUT2D eigenvalue weighted by molar-refractivity contribution is -0.253. The van der Waals surface area contributed by atoms with Gasteiger partial charge >= 0.3 is 0 Å². The molecule has 1 atom stereocenters. The fourth-order valence-electron chi connectivity index (χ4n) is 2.87. The standard InChI is InChI=1S/C15H24N4O2/c1-15(2)20-10-13(11-21-15)18-12-5-3-8-19(9-12)14-16-6-4-7-17-14/h4,6-7,12-13,18H,3,5,8-11H2,1-2H3. The topological polar surface area (TPSA) is 59.5 Å². The largest absolute Gasteiger partial charge is 0.349 e. The Morgan fingerprint density at radius 1 is 1.19 bits per heavy atom. The molecule has 21 heavy (non-hydrogen) atoms. The van der Waals surface area contributed by atoms with Gasteiger partial charge in [0.1, 0.15) is 0 Å². The molecule has 3 rings (SSSR count). The molecule has 116 valence electrons. The molecule has 2 saturated heterocycles. The highest BCUT2D eigenvalue weighted by atomic mass is 16.7. The van der Waals surface area contributed by atoms with Crippen molar-refractivity contribution in [1.29, 1.82) is 0 Å². The second-order valence-electron chi connectivity index (χ2n) is 6.22. The van der Waals surface area contributed by atoms with Gasteiger partial charge in [0.2, 0.25) is 5.95 Å². The SMILES string of the molecule is CC1(C)OCC(NC2CCCN(c3ncccn3)C2)CO1. The highest BCUT2D eigenvalue weighted by Gasteiger charge is 2.30. The molecule has 0 saturated carbocycles. The molecule has 3 heterocycles. The summed E-state index contributed by atoms with van der Waals surface area (Å²) in [5.41, 5.74) is 0. The van der Waals surface area contributed by atoms with Gasteiger partial charge in [-0.05, 0) is 32.8 Å². The number of aromatic nitrogens is 2. The second kappa shape index (κ2) is 6.25. The summed E-state index contributed by atoms with van der Waals surface area (Å²) < 4.78 is 11.4. The summed E-state index contributed by atoms with van der Waals surface area (Å²) in [4.78, 5) is 10.9. The van der Waals surface area contributed by atoms with Gasteiger partial charge in [-0.1, -0.05) is 0 Å². The molecule has 0 amide bonds. The number of piperidine rings is 1. The molecule has 0 radical (unpaired) electrons. The molecule has 6 heteroatoms. The number of hydrogen-bond donors (Lipinski definition) is 1. The summed E-state index contributed by atoms with van der Waals surface area (Å²) in [6, 6.07) is 2.54. The van der Waals surface area contributed by atoms with Crippen LogP contribution in [-0.2, 0) is 9.47 Å². The molecular weight excluding hydrogens is 268 g/mol. The molecule has 0 bridgehead atoms. The van der Waals surface area contributed by atoms with Crippen molar-refractivity contribution in [3.63, 3.8) is 0 Å². The second-order valence-corrected chi connectivity index (χ2v) is 6.22. The zero-order valence-electron chi connectivity index (χ0n) is 12.8. The Morgan fingerprint density at radius 3 is 2.62 bits per heavy atom. The van der Waals surface area contributed by atoms with Crippen molar-refractivity contribution in [1.82, 2.24) is 15.3 Å². The predicted molar refractivity (Wildman–Crippen MR) is 80.2 cm³/mol. The van der Waals surface area contributed by atoms with Gasteiger partial charge in [-0.2, -0.15) is 0 Å². The third-order valence-electron chi connectivity index (χ3n) is 3.99. The van der Waals surface area contributed by atoms with Crippen LogP contribution in [0.4, 0.5) is 5.95 Å². The van der Waals surface area contributed by atoms with Crippen molar-refractivity contribution in [2.24, 2.45) is 0 Å². The number of ether oxygens (including phenoxy) is 2. The third kappa shape index (κ3) is 3.90. The molecule has 0 aromatic carbocycles. The normalized spacial score (nSPS) is 26.8. The van der Waals surface area contributed by atoms with E-state index in [0.717, 1.165) is 25.5 Å². The zero-order chi connectivity index (χ0) is 14.7. The maximum Gasteiger partial charge on any atom is 0.225 e. The van der Waals surface area contributed by atoms with E-state index < -0.39 is 5.79 Å². The minimum atomic E-state index is -0.450. The minimum Gasteiger partial charge on any atom is -0.349 e. The predicted octanol–water partition coefficient (Wildman–Crippen LogP) is 1.19. The Hall–Kier alpha value is -1.24. The zero-order valence-corrected chi connectivity index (χ0v) is 12.8. The van der Waals surface area contributed by atoms with Crippen molar-refractivity contribution in [3.8, 4) is 0 Å². The first-order valence-corrected chi connectivity index (χ1v) is 7.68. The van der Waals surface area contributed by atoms with Crippen molar-refractivity contribution >= 4 is 5.95 Å². The fraction of sp³-hybridized carbons (Fsp3) is 0.733. The van der Waals surface area contributed by atoms with Crippen LogP contribution in [0.2, 0.25) is 0 Å². The molecule has 2 aliphatic rings. The Kier molecular flexibility index (Phi) is 4.37. The van der Waals surface area contributed by atoms with E-state index in [0.29, 0.717) is 19.3 Å². The van der Waals surface area contributed by atoms with Gasteiger partial charge in [-0.25, -0.2) is 9.97 Å². The quantitative estimate of drug-likeness (QED) is 0.903. The van der Waals surface area contributed by atoms with Gasteiger partial charge in [0, 0.05) is 31.5 Å². The number of rotatable bonds is 3. The van der Waals surface area contributed by atoms with Crippen molar-refractivity contribution in [3.05, 3.63) is 18.5 Å². The Labute approximate surface area is 125 Å². The summed E-state index contributed by atoms with van der Waals surface area (Å²) >= 11 is 0. The Balaban J connectivity index is 1.53. The first-order valence-electron chi connectivity index (χ1n) is 7.68. The van der Waals surface area contributed by atoms with E-state index in [9.17, 15) is 0 Å². The van der Waals surface area contributed by atoms with E-state index in [1.54, 1.807) is 12.4 Å². The van der Waals surface area contributed by atoms with Crippen LogP contribution < -0.4 is 10.2 Å². The molecular formula is C15H24N4O2. The van der Waals surface area contributed by atoms with Gasteiger partial charge in [-0.3, -0.25) is 0 Å². The van der Waals surface area contributed by atoms with Crippen molar-refractivity contribution in [2.45, 2.75) is 44.6 Å². The highest BCUT2D eigenvalue weighted by Crippen LogP contribution is 2.19. The molecule has 0 aliphatic carbocycles. The first kappa shape index (κ1) is 14.7. The van der Waals surface area contributed by atoms with Crippen molar-refractivity contribution < 1.29 is 9.47 Å². The molecule has 2 aliphatic heterocycles. The van der Waals surface area contributed by atoms with Crippen LogP contribution >= 0.6 is 0 Å². The van der Waals surface area contributed by atoms with Gasteiger partial charge in [0.05, 0.1) is 19.3 Å². The van der Waals surface area contributed by atoms with E-state index in [1.807, 2.05) is 19.9 Å². The molecule has 1 unspecified atom stereocenters. The monoisotopic (exact) mass is 292 g/mol. The van der Waals surface area contributed by atoms with E-state index >= 15 is 0 Å². The van der Waals surface area contributed by atoms with Gasteiger partial charge in [-0.15, -0.1) is 0 Å². The fourth-order valence-corrected chi connectivity index (χ4v) is 2.87. The summed E-state index contributed by atoms with van der Waals surface area (Å²) in [5.74, 6) is 0.371. The van der Waals surface area contributed by atoms with Crippen LogP contribution in [-0.4, -0.2) is 54.1 Å². The van der Waals surface area contributed by atoms with E-state index in [-0.39, 0.29) is 6.04 Å². The lowest BCUT2D eigenvalue weighted by Gasteiger charge is -2.39. The summed E-state index contributed by atoms with van der Waals surface area (Å²) in [6.07, 6.45) is 5.91. The number of anilines is 1. The molecule has 0 spiro atoms. The van der Waals surface area contributed by atoms with E-state index in [1.165, 1.54) is 6.42 Å². The van der Waals surface area contributed by atoms with Gasteiger partial charge in [0.15, 0.2) is 5.79 Å². The summed E-state index contributed by atoms with van der Waals surface area (Å²) in [5, 5.41) is 3.65. The first-order chi connectivity index (χ1) is 10.1. The maximum absolute atomic E-state index is 5.71. The van der Waals surface area contributed by atoms with Gasteiger partial charge in [0.25, 0.3) is 0 Å². The molecule has 1 aromatic heterocycles. The molecule has 1 aromatic rings. The average molecular weight is 292 g/mol. The van der Waals surface area contributed by atoms with Crippen LogP contribution in [0.5, 0.6) is 0 Å². The molecule has 6 nitrogen and oxygen atoms in total. The van der Waals surface area contributed by atoms with Crippen LogP contribution in [0.3, 0.4) is 0 Å². The molecule has 2 fully saturated rings. The Bertz CT molecular complexity index is 444. The van der Waals surface area contributed by atoms with Crippen LogP contribution in [0.15, 0.2) is 18.5 Å². The minimum absolute atomic E-state index is 0.264. The number of hydrogen-bond acceptors (Lipinski definition) is 6. The maximum atomic E-state index is 5.71. The van der Waals surface area contributed by atoms with E-state index in [2.05, 4.69) is 20.2 Å². The Morgan fingerprint density at radius 2 is 1.90 bits per heavy atom. The molecule has 1 N–H and O–H groups in total. The average Bonchev–Trinajstić information content (AvgIpc) is 2.51. The summed E-state index contributed by atoms with van der Waals surface area (Å²) in [6.45, 7) is 7.27. The smallest absolute Gasteiger partial charge is 0.225 e. The van der Waals surface area contributed by atoms with Crippen molar-refractivity contribution in [2.75, 3.05) is 31.2 Å². The lowest BCUT2D eigenvalue weighted by Crippen LogP contribution is -2.55. The summed E-state index contributed by atoms with van der Waals surface area (Å²) in [7, 11) is 0. The highest BCUT2D eigenvalue weighted by molar-refractivity contribution is 5.29. The van der Waals surface area contributed by atoms with Crippen LogP contribution in [0.1, 0.15) is 26.7 Å². The number of nitrogens with one attached hydrogen (secondary N) is 1. The number of nitrogens with zero attached hydrogens (tertiary/aromatic N) is 3. The van der Waals surface area contributed by atoms with E-state index in [4.69, 9.17) is 9.47 Å². The van der Waals surface area contributed by atoms with Crippen LogP contribution in [0.25, 0.3) is 0 Å². The lowest BCUT2D eigenvalue weighted by atomic mass is 10.0.